The van der Waals surface area contributed by atoms with Crippen LogP contribution in [-0.4, -0.2) is 34.6 Å². The number of rotatable bonds is 2. The second-order valence-corrected chi connectivity index (χ2v) is 11.1. The maximum atomic E-state index is 13.9. The van der Waals surface area contributed by atoms with Crippen molar-refractivity contribution in [3.05, 3.63) is 50.9 Å². The lowest BCUT2D eigenvalue weighted by molar-refractivity contribution is 0.0579. The number of aromatic nitrogens is 1. The number of aryl methyl sites for hydroxylation is 1. The molecule has 6 heteroatoms. The molecule has 0 atom stereocenters. The van der Waals surface area contributed by atoms with Gasteiger partial charge in [0, 0.05) is 34.6 Å². The van der Waals surface area contributed by atoms with Gasteiger partial charge in [-0.3, -0.25) is 4.79 Å². The first-order valence-electron chi connectivity index (χ1n) is 10.8. The minimum atomic E-state index is -0.199. The van der Waals surface area contributed by atoms with Crippen molar-refractivity contribution < 1.29 is 9.53 Å². The Hall–Kier alpha value is -2.05. The molecule has 4 heterocycles. The number of halogens is 1. The van der Waals surface area contributed by atoms with Gasteiger partial charge in [-0.1, -0.05) is 6.07 Å². The Bertz CT molecular complexity index is 1170. The van der Waals surface area contributed by atoms with Crippen molar-refractivity contribution in [2.24, 2.45) is 0 Å². The molecule has 31 heavy (non-hydrogen) atoms. The number of carbonyl (C=O) groups excluding carboxylic acids is 1. The van der Waals surface area contributed by atoms with E-state index < -0.39 is 0 Å². The molecular weight excluding hydrogens is 472 g/mol. The van der Waals surface area contributed by atoms with E-state index in [1.54, 1.807) is 18.4 Å². The van der Waals surface area contributed by atoms with Crippen molar-refractivity contribution in [2.75, 3.05) is 13.7 Å². The van der Waals surface area contributed by atoms with E-state index in [2.05, 4.69) is 75.8 Å². The predicted octanol–water partition coefficient (Wildman–Crippen LogP) is 6.40. The summed E-state index contributed by atoms with van der Waals surface area (Å²) < 4.78 is 8.80. The van der Waals surface area contributed by atoms with Crippen molar-refractivity contribution in [3.8, 4) is 27.4 Å². The predicted molar refractivity (Wildman–Crippen MR) is 130 cm³/mol. The van der Waals surface area contributed by atoms with Crippen molar-refractivity contribution in [1.82, 2.24) is 9.47 Å². The summed E-state index contributed by atoms with van der Waals surface area (Å²) in [6, 6.07) is 8.60. The maximum absolute atomic E-state index is 13.9. The van der Waals surface area contributed by atoms with Gasteiger partial charge >= 0.3 is 0 Å². The van der Waals surface area contributed by atoms with E-state index in [0.29, 0.717) is 0 Å². The molecule has 0 saturated heterocycles. The Morgan fingerprint density at radius 1 is 1.13 bits per heavy atom. The lowest BCUT2D eigenvalue weighted by Gasteiger charge is -2.35. The van der Waals surface area contributed by atoms with E-state index in [1.165, 1.54) is 32.8 Å². The summed E-state index contributed by atoms with van der Waals surface area (Å²) in [4.78, 5) is 17.2. The first-order chi connectivity index (χ1) is 14.8. The molecule has 2 aromatic heterocycles. The van der Waals surface area contributed by atoms with Crippen LogP contribution in [0.3, 0.4) is 0 Å². The summed E-state index contributed by atoms with van der Waals surface area (Å²) >= 11 is 5.44. The minimum Gasteiger partial charge on any atom is -0.496 e. The monoisotopic (exact) mass is 498 g/mol. The van der Waals surface area contributed by atoms with Crippen molar-refractivity contribution >= 4 is 33.2 Å². The number of ether oxygens (including phenoxy) is 1. The van der Waals surface area contributed by atoms with Gasteiger partial charge in [0.05, 0.1) is 17.3 Å². The lowest BCUT2D eigenvalue weighted by atomic mass is 9.94. The number of fused-ring (bicyclic) bond motifs is 5. The summed E-state index contributed by atoms with van der Waals surface area (Å²) in [5, 5.41) is 2.12. The number of amides is 1. The number of carbonyl (C=O) groups is 1. The number of benzene rings is 1. The van der Waals surface area contributed by atoms with Gasteiger partial charge in [0.1, 0.15) is 11.4 Å². The van der Waals surface area contributed by atoms with Crippen LogP contribution < -0.4 is 4.74 Å². The highest BCUT2D eigenvalue weighted by Crippen LogP contribution is 2.48. The fourth-order valence-corrected chi connectivity index (χ4v) is 6.35. The number of methoxy groups -OCH3 is 1. The summed E-state index contributed by atoms with van der Waals surface area (Å²) in [6.45, 7) is 8.01. The molecule has 0 saturated carbocycles. The molecule has 162 valence electrons. The lowest BCUT2D eigenvalue weighted by Crippen LogP contribution is -2.46. The molecule has 2 aliphatic rings. The third-order valence-corrected chi connectivity index (χ3v) is 7.94. The van der Waals surface area contributed by atoms with Crippen LogP contribution in [0.4, 0.5) is 0 Å². The van der Waals surface area contributed by atoms with Crippen LogP contribution in [-0.2, 0) is 19.4 Å². The molecule has 0 fully saturated rings. The van der Waals surface area contributed by atoms with E-state index in [0.717, 1.165) is 48.3 Å². The molecule has 0 radical (unpaired) electrons. The molecule has 0 spiro atoms. The molecule has 0 bridgehead atoms. The Morgan fingerprint density at radius 2 is 1.94 bits per heavy atom. The Kier molecular flexibility index (Phi) is 5.05. The molecule has 0 N–H and O–H groups in total. The number of hydrogen-bond donors (Lipinski definition) is 0. The molecule has 2 aliphatic heterocycles. The van der Waals surface area contributed by atoms with E-state index in [9.17, 15) is 4.79 Å². The van der Waals surface area contributed by atoms with Gasteiger partial charge in [-0.25, -0.2) is 0 Å². The quantitative estimate of drug-likeness (QED) is 0.409. The van der Waals surface area contributed by atoms with Gasteiger partial charge < -0.3 is 14.2 Å². The molecule has 5 rings (SSSR count). The first-order valence-corrected chi connectivity index (χ1v) is 12.5. The normalized spacial score (nSPS) is 15.9. The second kappa shape index (κ2) is 7.52. The van der Waals surface area contributed by atoms with Gasteiger partial charge in [0.2, 0.25) is 0 Å². The van der Waals surface area contributed by atoms with E-state index in [4.69, 9.17) is 4.74 Å². The van der Waals surface area contributed by atoms with Crippen LogP contribution in [0.15, 0.2) is 34.1 Å². The highest BCUT2D eigenvalue weighted by molar-refractivity contribution is 9.10. The fourth-order valence-electron chi connectivity index (χ4n) is 5.04. The highest BCUT2D eigenvalue weighted by Gasteiger charge is 2.38. The maximum Gasteiger partial charge on any atom is 0.271 e. The molecule has 0 unspecified atom stereocenters. The Balaban J connectivity index is 1.82. The van der Waals surface area contributed by atoms with Gasteiger partial charge in [-0.05, 0) is 90.7 Å². The van der Waals surface area contributed by atoms with E-state index in [-0.39, 0.29) is 11.4 Å². The van der Waals surface area contributed by atoms with Gasteiger partial charge in [0.15, 0.2) is 0 Å². The van der Waals surface area contributed by atoms with Crippen LogP contribution in [0.5, 0.6) is 5.75 Å². The third kappa shape index (κ3) is 3.26. The SMILES string of the molecule is COc1cc2c(cc1Br)-c1c(-c3cccs3)c3c(n1CC2)C(=O)N(C(C)(C)C)CCC3. The van der Waals surface area contributed by atoms with Crippen LogP contribution in [0.25, 0.3) is 21.7 Å². The summed E-state index contributed by atoms with van der Waals surface area (Å²) in [7, 11) is 1.71. The van der Waals surface area contributed by atoms with Gasteiger partial charge in [-0.2, -0.15) is 0 Å². The largest absolute Gasteiger partial charge is 0.496 e. The summed E-state index contributed by atoms with van der Waals surface area (Å²) in [6.07, 6.45) is 2.80. The Labute approximate surface area is 196 Å². The van der Waals surface area contributed by atoms with Crippen molar-refractivity contribution in [2.45, 2.75) is 52.1 Å². The third-order valence-electron chi connectivity index (χ3n) is 6.44. The average molecular weight is 499 g/mol. The van der Waals surface area contributed by atoms with Crippen molar-refractivity contribution in [1.29, 1.82) is 0 Å². The van der Waals surface area contributed by atoms with Crippen LogP contribution in [0.1, 0.15) is 48.8 Å². The first kappa shape index (κ1) is 20.8. The van der Waals surface area contributed by atoms with Crippen LogP contribution in [0.2, 0.25) is 0 Å². The average Bonchev–Trinajstić information content (AvgIpc) is 3.31. The zero-order chi connectivity index (χ0) is 21.9. The Morgan fingerprint density at radius 3 is 2.61 bits per heavy atom. The standard InChI is InChI=1S/C25H27BrN2O2S/c1-25(2,3)28-10-5-7-16-21(20-8-6-12-31-20)22-17-14-18(26)19(30-4)13-15(17)9-11-27(22)23(16)24(28)29/h6,8,12-14H,5,7,9-11H2,1-4H3. The second-order valence-electron chi connectivity index (χ2n) is 9.30. The summed E-state index contributed by atoms with van der Waals surface area (Å²) in [5.41, 5.74) is 6.81. The molecule has 0 aliphatic carbocycles. The van der Waals surface area contributed by atoms with Gasteiger partial charge in [0.25, 0.3) is 5.91 Å². The highest BCUT2D eigenvalue weighted by atomic mass is 79.9. The molecular formula is C25H27BrN2O2S. The number of hydrogen-bond acceptors (Lipinski definition) is 3. The zero-order valence-electron chi connectivity index (χ0n) is 18.4. The summed E-state index contributed by atoms with van der Waals surface area (Å²) in [5.74, 6) is 1.02. The molecule has 4 nitrogen and oxygen atoms in total. The van der Waals surface area contributed by atoms with Gasteiger partial charge in [-0.15, -0.1) is 11.3 Å². The smallest absolute Gasteiger partial charge is 0.271 e. The van der Waals surface area contributed by atoms with E-state index >= 15 is 0 Å². The van der Waals surface area contributed by atoms with E-state index in [1.807, 2.05) is 0 Å². The number of nitrogens with zero attached hydrogens (tertiary/aromatic N) is 2. The van der Waals surface area contributed by atoms with Crippen molar-refractivity contribution in [3.63, 3.8) is 0 Å². The zero-order valence-corrected chi connectivity index (χ0v) is 20.8. The fraction of sp³-hybridized carbons (Fsp3) is 0.400. The number of thiophene rings is 1. The van der Waals surface area contributed by atoms with Crippen LogP contribution >= 0.6 is 27.3 Å². The molecule has 1 amide bonds. The molecule has 3 aromatic rings. The van der Waals surface area contributed by atoms with Crippen LogP contribution in [0, 0.1) is 0 Å². The minimum absolute atomic E-state index is 0.167. The topological polar surface area (TPSA) is 34.5 Å². The molecule has 1 aromatic carbocycles.